The molecule has 0 aromatic heterocycles. The summed E-state index contributed by atoms with van der Waals surface area (Å²) in [6.07, 6.45) is 0.657. The van der Waals surface area contributed by atoms with E-state index >= 15 is 0 Å². The van der Waals surface area contributed by atoms with Crippen molar-refractivity contribution in [3.8, 4) is 5.75 Å². The van der Waals surface area contributed by atoms with Crippen molar-refractivity contribution in [2.75, 3.05) is 30.8 Å². The smallest absolute Gasteiger partial charge is 0.321 e. The number of hydrogen-bond donors (Lipinski definition) is 2. The largest absolute Gasteiger partial charge is 0.497 e. The van der Waals surface area contributed by atoms with Crippen LogP contribution in [0.25, 0.3) is 0 Å². The van der Waals surface area contributed by atoms with Gasteiger partial charge >= 0.3 is 6.03 Å². The van der Waals surface area contributed by atoms with E-state index in [0.29, 0.717) is 41.7 Å². The van der Waals surface area contributed by atoms with Crippen molar-refractivity contribution in [1.29, 1.82) is 0 Å². The van der Waals surface area contributed by atoms with E-state index in [0.717, 1.165) is 5.56 Å². The SMILES string of the molecule is COc1cccc(NC(=O)[C@H]2C[C@@H](c3ccccc3)CN(C(=O)Nc3ccc(Cl)cc3)C2)c1. The number of amides is 3. The monoisotopic (exact) mass is 463 g/mol. The Morgan fingerprint density at radius 3 is 2.39 bits per heavy atom. The third-order valence-electron chi connectivity index (χ3n) is 5.81. The van der Waals surface area contributed by atoms with Crippen LogP contribution in [0.2, 0.25) is 5.02 Å². The van der Waals surface area contributed by atoms with Crippen LogP contribution in [0.1, 0.15) is 17.9 Å². The predicted molar refractivity (Wildman–Crippen MR) is 131 cm³/mol. The Balaban J connectivity index is 1.52. The van der Waals surface area contributed by atoms with Crippen molar-refractivity contribution in [3.05, 3.63) is 89.4 Å². The standard InChI is InChI=1S/C26H26ClN3O3/c1-33-24-9-5-8-23(15-24)28-25(31)20-14-19(18-6-3-2-4-7-18)16-30(17-20)26(32)29-22-12-10-21(27)11-13-22/h2-13,15,19-20H,14,16-17H2,1H3,(H,28,31)(H,29,32)/t19-,20+/m1/s1. The van der Waals surface area contributed by atoms with Gasteiger partial charge in [-0.25, -0.2) is 4.79 Å². The van der Waals surface area contributed by atoms with Crippen molar-refractivity contribution < 1.29 is 14.3 Å². The molecule has 1 aliphatic heterocycles. The maximum Gasteiger partial charge on any atom is 0.321 e. The minimum atomic E-state index is -0.355. The molecule has 1 aliphatic rings. The van der Waals surface area contributed by atoms with Crippen molar-refractivity contribution >= 4 is 34.9 Å². The van der Waals surface area contributed by atoms with Crippen LogP contribution in [0.3, 0.4) is 0 Å². The highest BCUT2D eigenvalue weighted by molar-refractivity contribution is 6.30. The zero-order valence-electron chi connectivity index (χ0n) is 18.3. The number of methoxy groups -OCH3 is 1. The summed E-state index contributed by atoms with van der Waals surface area (Å²) < 4.78 is 5.25. The first-order valence-electron chi connectivity index (χ1n) is 10.8. The molecule has 6 nitrogen and oxygen atoms in total. The molecule has 3 aromatic carbocycles. The number of nitrogens with zero attached hydrogens (tertiary/aromatic N) is 1. The number of carbonyl (C=O) groups is 2. The van der Waals surface area contributed by atoms with Crippen LogP contribution in [-0.4, -0.2) is 37.0 Å². The normalized spacial score (nSPS) is 17.8. The minimum absolute atomic E-state index is 0.0528. The summed E-state index contributed by atoms with van der Waals surface area (Å²) in [5.74, 6) is 0.249. The van der Waals surface area contributed by atoms with Crippen LogP contribution >= 0.6 is 11.6 Å². The molecule has 0 spiro atoms. The zero-order valence-corrected chi connectivity index (χ0v) is 19.1. The second kappa shape index (κ2) is 10.4. The average molecular weight is 464 g/mol. The maximum absolute atomic E-state index is 13.2. The van der Waals surface area contributed by atoms with Gasteiger partial charge in [0, 0.05) is 41.5 Å². The second-order valence-corrected chi connectivity index (χ2v) is 8.54. The Kier molecular flexibility index (Phi) is 7.15. The first-order chi connectivity index (χ1) is 16.0. The van der Waals surface area contributed by atoms with Gasteiger partial charge in [0.1, 0.15) is 5.75 Å². The minimum Gasteiger partial charge on any atom is -0.497 e. The number of nitrogens with one attached hydrogen (secondary N) is 2. The molecule has 2 N–H and O–H groups in total. The number of rotatable bonds is 5. The lowest BCUT2D eigenvalue weighted by molar-refractivity contribution is -0.121. The van der Waals surface area contributed by atoms with E-state index in [1.807, 2.05) is 48.5 Å². The summed E-state index contributed by atoms with van der Waals surface area (Å²) in [6.45, 7) is 0.866. The Labute approximate surface area is 198 Å². The number of carbonyl (C=O) groups excluding carboxylic acids is 2. The number of piperidine rings is 1. The van der Waals surface area contributed by atoms with Crippen molar-refractivity contribution in [1.82, 2.24) is 4.90 Å². The number of ether oxygens (including phenoxy) is 1. The average Bonchev–Trinajstić information content (AvgIpc) is 2.85. The summed E-state index contributed by atoms with van der Waals surface area (Å²) in [5, 5.41) is 6.50. The lowest BCUT2D eigenvalue weighted by atomic mass is 9.84. The van der Waals surface area contributed by atoms with E-state index in [9.17, 15) is 9.59 Å². The molecule has 1 heterocycles. The van der Waals surface area contributed by atoms with Gasteiger partial charge in [0.2, 0.25) is 5.91 Å². The van der Waals surface area contributed by atoms with E-state index in [-0.39, 0.29) is 23.8 Å². The van der Waals surface area contributed by atoms with Crippen LogP contribution in [0.5, 0.6) is 5.75 Å². The Bertz CT molecular complexity index is 1110. The summed E-state index contributed by atoms with van der Waals surface area (Å²) in [7, 11) is 1.59. The molecule has 0 saturated carbocycles. The quantitative estimate of drug-likeness (QED) is 0.515. The zero-order chi connectivity index (χ0) is 23.2. The van der Waals surface area contributed by atoms with Gasteiger partial charge in [-0.3, -0.25) is 4.79 Å². The lowest BCUT2D eigenvalue weighted by Gasteiger charge is -2.37. The third kappa shape index (κ3) is 5.84. The van der Waals surface area contributed by atoms with Crippen molar-refractivity contribution in [3.63, 3.8) is 0 Å². The molecule has 170 valence electrons. The highest BCUT2D eigenvalue weighted by Gasteiger charge is 2.34. The molecular weight excluding hydrogens is 438 g/mol. The van der Waals surface area contributed by atoms with E-state index < -0.39 is 0 Å². The molecule has 1 saturated heterocycles. The van der Waals surface area contributed by atoms with E-state index in [4.69, 9.17) is 16.3 Å². The molecule has 4 rings (SSSR count). The lowest BCUT2D eigenvalue weighted by Crippen LogP contribution is -2.48. The summed E-state index contributed by atoms with van der Waals surface area (Å²) >= 11 is 5.95. The van der Waals surface area contributed by atoms with Crippen LogP contribution in [-0.2, 0) is 4.79 Å². The number of urea groups is 1. The van der Waals surface area contributed by atoms with Crippen LogP contribution in [0, 0.1) is 5.92 Å². The van der Waals surface area contributed by atoms with Gasteiger partial charge in [0.25, 0.3) is 0 Å². The first-order valence-corrected chi connectivity index (χ1v) is 11.2. The first kappa shape index (κ1) is 22.7. The van der Waals surface area contributed by atoms with Crippen molar-refractivity contribution in [2.45, 2.75) is 12.3 Å². The molecule has 2 atom stereocenters. The van der Waals surface area contributed by atoms with Gasteiger partial charge in [0.15, 0.2) is 0 Å². The number of hydrogen-bond acceptors (Lipinski definition) is 3. The van der Waals surface area contributed by atoms with E-state index in [1.165, 1.54) is 0 Å². The van der Waals surface area contributed by atoms with Gasteiger partial charge in [-0.1, -0.05) is 48.0 Å². The molecule has 1 fully saturated rings. The molecule has 0 radical (unpaired) electrons. The molecule has 0 bridgehead atoms. The highest BCUT2D eigenvalue weighted by Crippen LogP contribution is 2.32. The third-order valence-corrected chi connectivity index (χ3v) is 6.06. The highest BCUT2D eigenvalue weighted by atomic mass is 35.5. The van der Waals surface area contributed by atoms with Gasteiger partial charge in [-0.05, 0) is 48.4 Å². The molecule has 3 aromatic rings. The fourth-order valence-electron chi connectivity index (χ4n) is 4.10. The Morgan fingerprint density at radius 1 is 0.909 bits per heavy atom. The Morgan fingerprint density at radius 2 is 1.67 bits per heavy atom. The van der Waals surface area contributed by atoms with Crippen LogP contribution in [0.4, 0.5) is 16.2 Å². The maximum atomic E-state index is 13.2. The molecule has 7 heteroatoms. The molecule has 3 amide bonds. The molecular formula is C26H26ClN3O3. The fraction of sp³-hybridized carbons (Fsp3) is 0.231. The second-order valence-electron chi connectivity index (χ2n) is 8.10. The summed E-state index contributed by atoms with van der Waals surface area (Å²) in [5.41, 5.74) is 2.43. The van der Waals surface area contributed by atoms with E-state index in [2.05, 4.69) is 10.6 Å². The predicted octanol–water partition coefficient (Wildman–Crippen LogP) is 5.62. The summed E-state index contributed by atoms with van der Waals surface area (Å²) in [6, 6.07) is 24.0. The molecule has 33 heavy (non-hydrogen) atoms. The molecule has 0 unspecified atom stereocenters. The number of likely N-dealkylation sites (tertiary alicyclic amines) is 1. The number of benzene rings is 3. The van der Waals surface area contributed by atoms with Gasteiger partial charge < -0.3 is 20.3 Å². The van der Waals surface area contributed by atoms with Gasteiger partial charge in [0.05, 0.1) is 13.0 Å². The summed E-state index contributed by atoms with van der Waals surface area (Å²) in [4.78, 5) is 28.0. The van der Waals surface area contributed by atoms with Gasteiger partial charge in [-0.2, -0.15) is 0 Å². The van der Waals surface area contributed by atoms with Crippen LogP contribution < -0.4 is 15.4 Å². The molecule has 0 aliphatic carbocycles. The van der Waals surface area contributed by atoms with Crippen LogP contribution in [0.15, 0.2) is 78.9 Å². The van der Waals surface area contributed by atoms with Crippen molar-refractivity contribution in [2.24, 2.45) is 5.92 Å². The Hall–Kier alpha value is -3.51. The number of anilines is 2. The van der Waals surface area contributed by atoms with Gasteiger partial charge in [-0.15, -0.1) is 0 Å². The fourth-order valence-corrected chi connectivity index (χ4v) is 4.23. The number of halogens is 1. The topological polar surface area (TPSA) is 70.7 Å². The van der Waals surface area contributed by atoms with E-state index in [1.54, 1.807) is 42.3 Å².